The van der Waals surface area contributed by atoms with Crippen molar-refractivity contribution >= 4 is 5.91 Å². The number of carbonyl (C=O) groups excluding carboxylic acids is 1. The van der Waals surface area contributed by atoms with Crippen LogP contribution in [-0.4, -0.2) is 18.5 Å². The Morgan fingerprint density at radius 3 is 2.75 bits per heavy atom. The molecule has 3 N–H and O–H groups in total. The summed E-state index contributed by atoms with van der Waals surface area (Å²) in [7, 11) is 0. The lowest BCUT2D eigenvalue weighted by molar-refractivity contribution is -0.126. The molecule has 0 spiro atoms. The second-order valence-corrected chi connectivity index (χ2v) is 3.35. The summed E-state index contributed by atoms with van der Waals surface area (Å²) in [5.74, 6) is 2.46. The van der Waals surface area contributed by atoms with Gasteiger partial charge in [-0.2, -0.15) is 0 Å². The number of hydrogen-bond donors (Lipinski definition) is 2. The standard InChI is InChI=1S/C9H14N2O/c1-3-7(2)11-8(12)9(6-10)4-5-9/h1,7H,4-6,10H2,2H3,(H,11,12). The van der Waals surface area contributed by atoms with Gasteiger partial charge in [0.1, 0.15) is 0 Å². The van der Waals surface area contributed by atoms with E-state index in [9.17, 15) is 4.79 Å². The average molecular weight is 166 g/mol. The van der Waals surface area contributed by atoms with Crippen molar-refractivity contribution in [1.29, 1.82) is 0 Å². The first kappa shape index (κ1) is 9.08. The number of rotatable bonds is 3. The second kappa shape index (κ2) is 3.16. The van der Waals surface area contributed by atoms with Crippen LogP contribution in [0.1, 0.15) is 19.8 Å². The Labute approximate surface area is 72.7 Å². The first-order valence-corrected chi connectivity index (χ1v) is 4.12. The van der Waals surface area contributed by atoms with Crippen LogP contribution in [0.5, 0.6) is 0 Å². The fraction of sp³-hybridized carbons (Fsp3) is 0.667. The van der Waals surface area contributed by atoms with Crippen molar-refractivity contribution < 1.29 is 4.79 Å². The molecule has 12 heavy (non-hydrogen) atoms. The molecule has 1 aliphatic rings. The minimum Gasteiger partial charge on any atom is -0.342 e. The molecular formula is C9H14N2O. The van der Waals surface area contributed by atoms with Crippen LogP contribution in [0.2, 0.25) is 0 Å². The molecule has 1 atom stereocenters. The summed E-state index contributed by atoms with van der Waals surface area (Å²) >= 11 is 0. The minimum absolute atomic E-state index is 0.00968. The van der Waals surface area contributed by atoms with E-state index in [0.717, 1.165) is 12.8 Å². The third-order valence-corrected chi connectivity index (χ3v) is 2.32. The zero-order valence-corrected chi connectivity index (χ0v) is 7.26. The fourth-order valence-electron chi connectivity index (χ4n) is 1.07. The number of carbonyl (C=O) groups is 1. The maximum absolute atomic E-state index is 11.4. The average Bonchev–Trinajstić information content (AvgIpc) is 2.84. The van der Waals surface area contributed by atoms with Crippen LogP contribution in [0.3, 0.4) is 0 Å². The van der Waals surface area contributed by atoms with Gasteiger partial charge in [0.2, 0.25) is 5.91 Å². The van der Waals surface area contributed by atoms with Gasteiger partial charge in [0.15, 0.2) is 0 Å². The summed E-state index contributed by atoms with van der Waals surface area (Å²) in [6.07, 6.45) is 6.92. The molecule has 3 heteroatoms. The van der Waals surface area contributed by atoms with Crippen LogP contribution in [0.25, 0.3) is 0 Å². The lowest BCUT2D eigenvalue weighted by atomic mass is 10.1. The topological polar surface area (TPSA) is 55.1 Å². The highest BCUT2D eigenvalue weighted by Gasteiger charge is 2.48. The molecule has 0 aromatic carbocycles. The van der Waals surface area contributed by atoms with E-state index in [1.54, 1.807) is 6.92 Å². The maximum Gasteiger partial charge on any atom is 0.228 e. The Morgan fingerprint density at radius 1 is 1.83 bits per heavy atom. The van der Waals surface area contributed by atoms with Gasteiger partial charge in [0, 0.05) is 6.54 Å². The third-order valence-electron chi connectivity index (χ3n) is 2.32. The molecule has 0 aliphatic heterocycles. The van der Waals surface area contributed by atoms with Crippen molar-refractivity contribution in [3.05, 3.63) is 0 Å². The number of nitrogens with one attached hydrogen (secondary N) is 1. The molecule has 0 aromatic heterocycles. The van der Waals surface area contributed by atoms with Crippen LogP contribution >= 0.6 is 0 Å². The van der Waals surface area contributed by atoms with Gasteiger partial charge < -0.3 is 11.1 Å². The van der Waals surface area contributed by atoms with E-state index >= 15 is 0 Å². The fourth-order valence-corrected chi connectivity index (χ4v) is 1.07. The molecule has 0 bridgehead atoms. The first-order chi connectivity index (χ1) is 5.64. The van der Waals surface area contributed by atoms with Crippen molar-refractivity contribution in [3.63, 3.8) is 0 Å². The summed E-state index contributed by atoms with van der Waals surface area (Å²) in [6, 6.07) is -0.193. The molecule has 1 amide bonds. The molecule has 0 heterocycles. The Hall–Kier alpha value is -1.01. The van der Waals surface area contributed by atoms with Crippen molar-refractivity contribution in [2.45, 2.75) is 25.8 Å². The van der Waals surface area contributed by atoms with Gasteiger partial charge in [-0.1, -0.05) is 5.92 Å². The second-order valence-electron chi connectivity index (χ2n) is 3.35. The van der Waals surface area contributed by atoms with Gasteiger partial charge in [-0.3, -0.25) is 4.79 Å². The summed E-state index contributed by atoms with van der Waals surface area (Å²) in [6.45, 7) is 2.21. The van der Waals surface area contributed by atoms with Gasteiger partial charge in [-0.15, -0.1) is 6.42 Å². The molecule has 1 unspecified atom stereocenters. The number of hydrogen-bond acceptors (Lipinski definition) is 2. The summed E-state index contributed by atoms with van der Waals surface area (Å²) in [5.41, 5.74) is 5.19. The van der Waals surface area contributed by atoms with Crippen LogP contribution < -0.4 is 11.1 Å². The number of terminal acetylenes is 1. The highest BCUT2D eigenvalue weighted by atomic mass is 16.2. The molecule has 1 aliphatic carbocycles. The first-order valence-electron chi connectivity index (χ1n) is 4.12. The van der Waals surface area contributed by atoms with Crippen LogP contribution in [0.15, 0.2) is 0 Å². The minimum atomic E-state index is -0.287. The zero-order valence-electron chi connectivity index (χ0n) is 7.26. The Morgan fingerprint density at radius 2 is 2.42 bits per heavy atom. The summed E-state index contributed by atoms with van der Waals surface area (Å²) < 4.78 is 0. The number of amides is 1. The highest BCUT2D eigenvalue weighted by molar-refractivity contribution is 5.86. The van der Waals surface area contributed by atoms with Gasteiger partial charge in [-0.25, -0.2) is 0 Å². The van der Waals surface area contributed by atoms with E-state index in [1.165, 1.54) is 0 Å². The third kappa shape index (κ3) is 1.59. The van der Waals surface area contributed by atoms with Gasteiger partial charge in [0.25, 0.3) is 0 Å². The smallest absolute Gasteiger partial charge is 0.228 e. The lowest BCUT2D eigenvalue weighted by Crippen LogP contribution is -2.40. The van der Waals surface area contributed by atoms with Crippen LogP contribution in [0.4, 0.5) is 0 Å². The molecular weight excluding hydrogens is 152 g/mol. The van der Waals surface area contributed by atoms with Crippen molar-refractivity contribution in [2.24, 2.45) is 11.1 Å². The highest BCUT2D eigenvalue weighted by Crippen LogP contribution is 2.44. The molecule has 1 rings (SSSR count). The maximum atomic E-state index is 11.4. The predicted octanol–water partition coefficient (Wildman–Crippen LogP) is -0.137. The summed E-state index contributed by atoms with van der Waals surface area (Å²) in [5, 5.41) is 2.73. The SMILES string of the molecule is C#CC(C)NC(=O)C1(CN)CC1. The van der Waals surface area contributed by atoms with Gasteiger partial charge in [0.05, 0.1) is 11.5 Å². The normalized spacial score (nSPS) is 20.8. The molecule has 0 aromatic rings. The quantitative estimate of drug-likeness (QED) is 0.573. The predicted molar refractivity (Wildman–Crippen MR) is 47.2 cm³/mol. The Kier molecular flexibility index (Phi) is 2.39. The van der Waals surface area contributed by atoms with Crippen molar-refractivity contribution in [3.8, 4) is 12.3 Å². The van der Waals surface area contributed by atoms with E-state index in [4.69, 9.17) is 12.2 Å². The van der Waals surface area contributed by atoms with Crippen LogP contribution in [-0.2, 0) is 4.79 Å². The van der Waals surface area contributed by atoms with E-state index in [1.807, 2.05) is 0 Å². The molecule has 66 valence electrons. The van der Waals surface area contributed by atoms with Gasteiger partial charge in [-0.05, 0) is 19.8 Å². The zero-order chi connectivity index (χ0) is 9.19. The monoisotopic (exact) mass is 166 g/mol. The molecule has 3 nitrogen and oxygen atoms in total. The molecule has 0 saturated heterocycles. The van der Waals surface area contributed by atoms with Crippen LogP contribution in [0, 0.1) is 17.8 Å². The molecule has 1 saturated carbocycles. The van der Waals surface area contributed by atoms with E-state index in [0.29, 0.717) is 6.54 Å². The van der Waals surface area contributed by atoms with E-state index in [-0.39, 0.29) is 17.4 Å². The van der Waals surface area contributed by atoms with Crippen molar-refractivity contribution in [2.75, 3.05) is 6.54 Å². The largest absolute Gasteiger partial charge is 0.342 e. The van der Waals surface area contributed by atoms with E-state index < -0.39 is 0 Å². The Bertz CT molecular complexity index is 225. The number of nitrogens with two attached hydrogens (primary N) is 1. The lowest BCUT2D eigenvalue weighted by Gasteiger charge is -2.14. The molecule has 1 fully saturated rings. The van der Waals surface area contributed by atoms with Crippen molar-refractivity contribution in [1.82, 2.24) is 5.32 Å². The Balaban J connectivity index is 2.45. The molecule has 0 radical (unpaired) electrons. The summed E-state index contributed by atoms with van der Waals surface area (Å²) in [4.78, 5) is 11.4. The van der Waals surface area contributed by atoms with E-state index in [2.05, 4.69) is 11.2 Å². The van der Waals surface area contributed by atoms with Gasteiger partial charge >= 0.3 is 0 Å².